The van der Waals surface area contributed by atoms with E-state index in [4.69, 9.17) is 5.26 Å². The maximum absolute atomic E-state index is 8.65. The molecule has 0 amide bonds. The van der Waals surface area contributed by atoms with Gasteiger partial charge in [-0.2, -0.15) is 5.26 Å². The van der Waals surface area contributed by atoms with Gasteiger partial charge in [-0.15, -0.1) is 0 Å². The summed E-state index contributed by atoms with van der Waals surface area (Å²) in [5.41, 5.74) is 2.07. The molecular weight excluding hydrogens is 308 g/mol. The number of rotatable bonds is 1. The van der Waals surface area contributed by atoms with E-state index in [0.29, 0.717) is 6.42 Å². The standard InChI is InChI=1S/C10H6Br2N2/c11-7-3-8-6(1-2-13)5-14-10(8)9(12)4-7/h3-5,14H,1H2. The summed E-state index contributed by atoms with van der Waals surface area (Å²) in [6.45, 7) is 0. The lowest BCUT2D eigenvalue weighted by atomic mass is 10.1. The number of aromatic nitrogens is 1. The van der Waals surface area contributed by atoms with Crippen LogP contribution in [0.4, 0.5) is 0 Å². The van der Waals surface area contributed by atoms with Crippen molar-refractivity contribution in [3.8, 4) is 6.07 Å². The Morgan fingerprint density at radius 1 is 1.36 bits per heavy atom. The molecule has 0 saturated heterocycles. The Kier molecular flexibility index (Phi) is 2.62. The first-order chi connectivity index (χ1) is 6.72. The molecule has 0 atom stereocenters. The highest BCUT2D eigenvalue weighted by Crippen LogP contribution is 2.29. The zero-order valence-corrected chi connectivity index (χ0v) is 10.3. The SMILES string of the molecule is N#CCc1c[nH]c2c(Br)cc(Br)cc12. The number of aromatic amines is 1. The average molecular weight is 314 g/mol. The van der Waals surface area contributed by atoms with Crippen molar-refractivity contribution in [2.24, 2.45) is 0 Å². The molecule has 0 fully saturated rings. The third-order valence-electron chi connectivity index (χ3n) is 2.06. The van der Waals surface area contributed by atoms with Crippen LogP contribution >= 0.6 is 31.9 Å². The van der Waals surface area contributed by atoms with Gasteiger partial charge in [0.05, 0.1) is 18.0 Å². The van der Waals surface area contributed by atoms with Crippen molar-refractivity contribution in [2.75, 3.05) is 0 Å². The van der Waals surface area contributed by atoms with E-state index < -0.39 is 0 Å². The molecule has 1 aromatic heterocycles. The molecule has 70 valence electrons. The highest BCUT2D eigenvalue weighted by molar-refractivity contribution is 9.11. The number of halogens is 2. The van der Waals surface area contributed by atoms with Gasteiger partial charge in [-0.05, 0) is 33.6 Å². The van der Waals surface area contributed by atoms with Gasteiger partial charge in [-0.3, -0.25) is 0 Å². The number of nitrogens with one attached hydrogen (secondary N) is 1. The molecule has 4 heteroatoms. The largest absolute Gasteiger partial charge is 0.360 e. The van der Waals surface area contributed by atoms with E-state index in [1.54, 1.807) is 0 Å². The normalized spacial score (nSPS) is 10.4. The Balaban J connectivity index is 2.73. The van der Waals surface area contributed by atoms with Gasteiger partial charge >= 0.3 is 0 Å². The minimum absolute atomic E-state index is 0.433. The fourth-order valence-electron chi connectivity index (χ4n) is 1.44. The number of H-pyrrole nitrogens is 1. The fraction of sp³-hybridized carbons (Fsp3) is 0.100. The van der Waals surface area contributed by atoms with Gasteiger partial charge in [0.25, 0.3) is 0 Å². The van der Waals surface area contributed by atoms with E-state index in [-0.39, 0.29) is 0 Å². The zero-order chi connectivity index (χ0) is 10.1. The molecule has 0 aliphatic carbocycles. The Bertz CT molecular complexity index is 523. The quantitative estimate of drug-likeness (QED) is 0.855. The Hall–Kier alpha value is -0.790. The third-order valence-corrected chi connectivity index (χ3v) is 3.14. The molecule has 0 bridgehead atoms. The van der Waals surface area contributed by atoms with Gasteiger partial charge in [0.2, 0.25) is 0 Å². The van der Waals surface area contributed by atoms with Crippen molar-refractivity contribution in [1.82, 2.24) is 4.98 Å². The molecular formula is C10H6Br2N2. The summed E-state index contributed by atoms with van der Waals surface area (Å²) in [5, 5.41) is 9.74. The lowest BCUT2D eigenvalue weighted by molar-refractivity contribution is 1.28. The van der Waals surface area contributed by atoms with Gasteiger partial charge in [0.1, 0.15) is 0 Å². The summed E-state index contributed by atoms with van der Waals surface area (Å²) in [6.07, 6.45) is 2.31. The topological polar surface area (TPSA) is 39.6 Å². The van der Waals surface area contributed by atoms with E-state index >= 15 is 0 Å². The van der Waals surface area contributed by atoms with Crippen LogP contribution in [0.5, 0.6) is 0 Å². The van der Waals surface area contributed by atoms with E-state index in [0.717, 1.165) is 25.4 Å². The second kappa shape index (κ2) is 3.76. The van der Waals surface area contributed by atoms with E-state index in [2.05, 4.69) is 42.9 Å². The second-order valence-electron chi connectivity index (χ2n) is 2.96. The molecule has 2 aromatic rings. The predicted molar refractivity (Wildman–Crippen MR) is 63.0 cm³/mol. The lowest BCUT2D eigenvalue weighted by Crippen LogP contribution is -1.78. The number of hydrogen-bond acceptors (Lipinski definition) is 1. The molecule has 1 aromatic carbocycles. The fourth-order valence-corrected chi connectivity index (χ4v) is 2.78. The summed E-state index contributed by atoms with van der Waals surface area (Å²) in [4.78, 5) is 3.15. The van der Waals surface area contributed by atoms with Crippen LogP contribution in [-0.2, 0) is 6.42 Å². The highest BCUT2D eigenvalue weighted by Gasteiger charge is 2.06. The molecule has 0 aliphatic rings. The van der Waals surface area contributed by atoms with Crippen LogP contribution < -0.4 is 0 Å². The van der Waals surface area contributed by atoms with Crippen molar-refractivity contribution in [2.45, 2.75) is 6.42 Å². The summed E-state index contributed by atoms with van der Waals surface area (Å²) in [6, 6.07) is 6.15. The summed E-state index contributed by atoms with van der Waals surface area (Å²) < 4.78 is 2.02. The Morgan fingerprint density at radius 3 is 2.86 bits per heavy atom. The highest BCUT2D eigenvalue weighted by atomic mass is 79.9. The van der Waals surface area contributed by atoms with Crippen LogP contribution in [0, 0.1) is 11.3 Å². The number of benzene rings is 1. The maximum Gasteiger partial charge on any atom is 0.0670 e. The first-order valence-electron chi connectivity index (χ1n) is 4.04. The van der Waals surface area contributed by atoms with Crippen molar-refractivity contribution in [1.29, 1.82) is 5.26 Å². The van der Waals surface area contributed by atoms with Crippen molar-refractivity contribution in [3.63, 3.8) is 0 Å². The van der Waals surface area contributed by atoms with Gasteiger partial charge in [-0.25, -0.2) is 0 Å². The molecule has 14 heavy (non-hydrogen) atoms. The summed E-state index contributed by atoms with van der Waals surface area (Å²) in [7, 11) is 0. The third kappa shape index (κ3) is 1.58. The minimum Gasteiger partial charge on any atom is -0.360 e. The Labute approximate surface area is 98.2 Å². The summed E-state index contributed by atoms with van der Waals surface area (Å²) >= 11 is 6.89. The molecule has 0 saturated carbocycles. The smallest absolute Gasteiger partial charge is 0.0670 e. The molecule has 2 rings (SSSR count). The van der Waals surface area contributed by atoms with Crippen molar-refractivity contribution < 1.29 is 0 Å². The zero-order valence-electron chi connectivity index (χ0n) is 7.14. The first-order valence-corrected chi connectivity index (χ1v) is 5.63. The van der Waals surface area contributed by atoms with Crippen LogP contribution in [0.2, 0.25) is 0 Å². The lowest BCUT2D eigenvalue weighted by Gasteiger charge is -1.97. The monoisotopic (exact) mass is 312 g/mol. The van der Waals surface area contributed by atoms with Crippen LogP contribution in [0.25, 0.3) is 10.9 Å². The molecule has 0 unspecified atom stereocenters. The van der Waals surface area contributed by atoms with Gasteiger partial charge in [0.15, 0.2) is 0 Å². The number of nitrogens with zero attached hydrogens (tertiary/aromatic N) is 1. The van der Waals surface area contributed by atoms with Crippen LogP contribution in [0.15, 0.2) is 27.3 Å². The molecule has 0 aliphatic heterocycles. The number of nitriles is 1. The summed E-state index contributed by atoms with van der Waals surface area (Å²) in [5.74, 6) is 0. The first kappa shape index (κ1) is 9.75. The molecule has 0 spiro atoms. The molecule has 1 heterocycles. The van der Waals surface area contributed by atoms with E-state index in [1.807, 2.05) is 18.3 Å². The Morgan fingerprint density at radius 2 is 2.14 bits per heavy atom. The minimum atomic E-state index is 0.433. The van der Waals surface area contributed by atoms with Gasteiger partial charge < -0.3 is 4.98 Å². The van der Waals surface area contributed by atoms with Gasteiger partial charge in [-0.1, -0.05) is 15.9 Å². The van der Waals surface area contributed by atoms with Crippen LogP contribution in [0.1, 0.15) is 5.56 Å². The second-order valence-corrected chi connectivity index (χ2v) is 4.73. The van der Waals surface area contributed by atoms with E-state index in [1.165, 1.54) is 0 Å². The molecule has 2 nitrogen and oxygen atoms in total. The van der Waals surface area contributed by atoms with Crippen molar-refractivity contribution >= 4 is 42.8 Å². The number of hydrogen-bond donors (Lipinski definition) is 1. The molecule has 0 radical (unpaired) electrons. The van der Waals surface area contributed by atoms with Crippen LogP contribution in [-0.4, -0.2) is 4.98 Å². The number of fused-ring (bicyclic) bond motifs is 1. The average Bonchev–Trinajstić information content (AvgIpc) is 2.49. The molecule has 1 N–H and O–H groups in total. The van der Waals surface area contributed by atoms with Crippen LogP contribution in [0.3, 0.4) is 0 Å². The predicted octanol–water partition coefficient (Wildman–Crippen LogP) is 3.76. The van der Waals surface area contributed by atoms with Crippen molar-refractivity contribution in [3.05, 3.63) is 32.8 Å². The van der Waals surface area contributed by atoms with Gasteiger partial charge in [0, 0.05) is 20.5 Å². The maximum atomic E-state index is 8.65. The van der Waals surface area contributed by atoms with E-state index in [9.17, 15) is 0 Å².